The maximum absolute atomic E-state index is 12.4. The summed E-state index contributed by atoms with van der Waals surface area (Å²) in [5.41, 5.74) is -0.574. The molecule has 100 valence electrons. The van der Waals surface area contributed by atoms with Gasteiger partial charge in [-0.1, -0.05) is 0 Å². The van der Waals surface area contributed by atoms with Crippen molar-refractivity contribution in [1.82, 2.24) is 10.2 Å². The van der Waals surface area contributed by atoms with Crippen molar-refractivity contribution < 1.29 is 19.1 Å². The normalized spacial score (nSPS) is 28.7. The molecule has 0 bridgehead atoms. The van der Waals surface area contributed by atoms with Crippen molar-refractivity contribution in [3.8, 4) is 0 Å². The number of likely N-dealkylation sites (tertiary alicyclic amines) is 1. The van der Waals surface area contributed by atoms with E-state index in [-0.39, 0.29) is 17.7 Å². The van der Waals surface area contributed by atoms with Gasteiger partial charge >= 0.3 is 0 Å². The van der Waals surface area contributed by atoms with Crippen molar-refractivity contribution in [2.24, 2.45) is 5.41 Å². The van der Waals surface area contributed by atoms with Gasteiger partial charge in [-0.3, -0.25) is 19.3 Å². The van der Waals surface area contributed by atoms with Crippen LogP contribution in [-0.4, -0.2) is 49.4 Å². The van der Waals surface area contributed by atoms with Crippen LogP contribution >= 0.6 is 0 Å². The van der Waals surface area contributed by atoms with Crippen molar-refractivity contribution in [2.75, 3.05) is 26.8 Å². The Labute approximate surface area is 106 Å². The fourth-order valence-electron chi connectivity index (χ4n) is 2.59. The summed E-state index contributed by atoms with van der Waals surface area (Å²) in [4.78, 5) is 36.7. The second-order valence-corrected chi connectivity index (χ2v) is 4.90. The van der Waals surface area contributed by atoms with E-state index in [1.54, 1.807) is 0 Å². The van der Waals surface area contributed by atoms with Crippen LogP contribution < -0.4 is 5.32 Å². The van der Waals surface area contributed by atoms with Crippen LogP contribution in [0.15, 0.2) is 0 Å². The Balaban J connectivity index is 2.11. The predicted molar refractivity (Wildman–Crippen MR) is 62.5 cm³/mol. The van der Waals surface area contributed by atoms with E-state index >= 15 is 0 Å². The highest BCUT2D eigenvalue weighted by Gasteiger charge is 2.48. The molecule has 2 rings (SSSR count). The van der Waals surface area contributed by atoms with Gasteiger partial charge in [0, 0.05) is 26.5 Å². The molecule has 2 aliphatic rings. The quantitative estimate of drug-likeness (QED) is 0.700. The summed E-state index contributed by atoms with van der Waals surface area (Å²) in [7, 11) is 1.54. The molecule has 2 saturated heterocycles. The average Bonchev–Trinajstić information content (AvgIpc) is 2.37. The lowest BCUT2D eigenvalue weighted by Crippen LogP contribution is -2.58. The van der Waals surface area contributed by atoms with Gasteiger partial charge in [0.2, 0.25) is 17.7 Å². The van der Waals surface area contributed by atoms with E-state index in [2.05, 4.69) is 5.32 Å². The number of carbonyl (C=O) groups excluding carboxylic acids is 3. The third-order valence-electron chi connectivity index (χ3n) is 3.79. The fraction of sp³-hybridized carbons (Fsp3) is 0.750. The molecular formula is C12H18N2O4. The summed E-state index contributed by atoms with van der Waals surface area (Å²) in [6.45, 7) is 0.991. The van der Waals surface area contributed by atoms with Crippen LogP contribution in [0.25, 0.3) is 0 Å². The topological polar surface area (TPSA) is 75.7 Å². The summed E-state index contributed by atoms with van der Waals surface area (Å²) in [5, 5.41) is 2.74. The van der Waals surface area contributed by atoms with Crippen LogP contribution in [0.4, 0.5) is 0 Å². The summed E-state index contributed by atoms with van der Waals surface area (Å²) in [6.07, 6.45) is 1.80. The van der Waals surface area contributed by atoms with Gasteiger partial charge in [-0.2, -0.15) is 0 Å². The molecule has 0 aromatic heterocycles. The number of rotatable bonds is 3. The lowest BCUT2D eigenvalue weighted by Gasteiger charge is -2.42. The van der Waals surface area contributed by atoms with Crippen LogP contribution in [0, 0.1) is 5.41 Å². The molecule has 1 N–H and O–H groups in total. The molecule has 18 heavy (non-hydrogen) atoms. The number of methoxy groups -OCH3 is 1. The van der Waals surface area contributed by atoms with Crippen LogP contribution in [0.1, 0.15) is 25.7 Å². The van der Waals surface area contributed by atoms with Gasteiger partial charge in [-0.05, 0) is 12.8 Å². The standard InChI is InChI=1S/C12H18N2O4/c1-18-7-6-14-10(16)3-5-12(11(14)17)4-2-9(15)13-8-12/h2-8H2,1H3,(H,13,15)/t12-/m1/s1. The van der Waals surface area contributed by atoms with Gasteiger partial charge in [0.25, 0.3) is 0 Å². The number of nitrogens with zero attached hydrogens (tertiary/aromatic N) is 1. The largest absolute Gasteiger partial charge is 0.383 e. The number of amides is 3. The SMILES string of the molecule is COCCN1C(=O)CC[C@@]2(CCC(=O)NC2)C1=O. The minimum absolute atomic E-state index is 0.0197. The Hall–Kier alpha value is -1.43. The van der Waals surface area contributed by atoms with Crippen molar-refractivity contribution in [2.45, 2.75) is 25.7 Å². The van der Waals surface area contributed by atoms with Crippen LogP contribution in [0.3, 0.4) is 0 Å². The Kier molecular flexibility index (Phi) is 3.65. The molecule has 0 aromatic carbocycles. The molecule has 3 amide bonds. The van der Waals surface area contributed by atoms with Crippen LogP contribution in [0.2, 0.25) is 0 Å². The Morgan fingerprint density at radius 1 is 1.28 bits per heavy atom. The Bertz CT molecular complexity index is 365. The zero-order valence-corrected chi connectivity index (χ0v) is 10.5. The second kappa shape index (κ2) is 5.06. The van der Waals surface area contributed by atoms with E-state index < -0.39 is 5.41 Å². The van der Waals surface area contributed by atoms with E-state index in [1.807, 2.05) is 0 Å². The smallest absolute Gasteiger partial charge is 0.237 e. The molecule has 0 aromatic rings. The molecule has 2 heterocycles. The molecule has 1 spiro atoms. The van der Waals surface area contributed by atoms with E-state index in [0.29, 0.717) is 45.4 Å². The first-order chi connectivity index (χ1) is 8.59. The van der Waals surface area contributed by atoms with Crippen molar-refractivity contribution in [3.63, 3.8) is 0 Å². The minimum Gasteiger partial charge on any atom is -0.383 e. The van der Waals surface area contributed by atoms with Crippen LogP contribution in [-0.2, 0) is 19.1 Å². The number of piperidine rings is 2. The first-order valence-corrected chi connectivity index (χ1v) is 6.19. The number of hydrogen-bond acceptors (Lipinski definition) is 4. The average molecular weight is 254 g/mol. The van der Waals surface area contributed by atoms with E-state index in [1.165, 1.54) is 12.0 Å². The predicted octanol–water partition coefficient (Wildman–Crippen LogP) is -0.322. The third-order valence-corrected chi connectivity index (χ3v) is 3.79. The Morgan fingerprint density at radius 2 is 2.00 bits per heavy atom. The first-order valence-electron chi connectivity index (χ1n) is 6.19. The van der Waals surface area contributed by atoms with Crippen molar-refractivity contribution in [3.05, 3.63) is 0 Å². The number of imide groups is 1. The maximum atomic E-state index is 12.4. The highest BCUT2D eigenvalue weighted by Crippen LogP contribution is 2.37. The number of hydrogen-bond donors (Lipinski definition) is 1. The first kappa shape index (κ1) is 13.0. The molecule has 0 aliphatic carbocycles. The highest BCUT2D eigenvalue weighted by atomic mass is 16.5. The van der Waals surface area contributed by atoms with E-state index in [4.69, 9.17) is 4.74 Å². The number of ether oxygens (including phenoxy) is 1. The summed E-state index contributed by atoms with van der Waals surface area (Å²) in [6, 6.07) is 0. The molecule has 2 fully saturated rings. The molecule has 2 aliphatic heterocycles. The molecule has 6 nitrogen and oxygen atoms in total. The van der Waals surface area contributed by atoms with Gasteiger partial charge < -0.3 is 10.1 Å². The van der Waals surface area contributed by atoms with Gasteiger partial charge in [-0.15, -0.1) is 0 Å². The second-order valence-electron chi connectivity index (χ2n) is 4.90. The monoisotopic (exact) mass is 254 g/mol. The molecule has 0 saturated carbocycles. The lowest BCUT2D eigenvalue weighted by atomic mass is 9.73. The van der Waals surface area contributed by atoms with Gasteiger partial charge in [0.15, 0.2) is 0 Å². The van der Waals surface area contributed by atoms with Crippen molar-refractivity contribution in [1.29, 1.82) is 0 Å². The van der Waals surface area contributed by atoms with E-state index in [9.17, 15) is 14.4 Å². The molecule has 6 heteroatoms. The molecular weight excluding hydrogens is 236 g/mol. The minimum atomic E-state index is -0.574. The van der Waals surface area contributed by atoms with Gasteiger partial charge in [-0.25, -0.2) is 0 Å². The van der Waals surface area contributed by atoms with E-state index in [0.717, 1.165) is 0 Å². The molecule has 0 radical (unpaired) electrons. The zero-order chi connectivity index (χ0) is 13.2. The maximum Gasteiger partial charge on any atom is 0.237 e. The molecule has 0 unspecified atom stereocenters. The fourth-order valence-corrected chi connectivity index (χ4v) is 2.59. The summed E-state index contributed by atoms with van der Waals surface area (Å²) < 4.78 is 4.92. The van der Waals surface area contributed by atoms with Crippen molar-refractivity contribution >= 4 is 17.7 Å². The third kappa shape index (κ3) is 2.25. The lowest BCUT2D eigenvalue weighted by molar-refractivity contribution is -0.160. The van der Waals surface area contributed by atoms with Crippen LogP contribution in [0.5, 0.6) is 0 Å². The summed E-state index contributed by atoms with van der Waals surface area (Å²) in [5.74, 6) is -0.316. The zero-order valence-electron chi connectivity index (χ0n) is 10.5. The van der Waals surface area contributed by atoms with Gasteiger partial charge in [0.1, 0.15) is 0 Å². The van der Waals surface area contributed by atoms with Gasteiger partial charge in [0.05, 0.1) is 18.6 Å². The number of nitrogens with one attached hydrogen (secondary N) is 1. The Morgan fingerprint density at radius 3 is 2.61 bits per heavy atom. The number of carbonyl (C=O) groups is 3. The summed E-state index contributed by atoms with van der Waals surface area (Å²) >= 11 is 0. The molecule has 1 atom stereocenters. The highest BCUT2D eigenvalue weighted by molar-refractivity contribution is 6.01.